The molecule has 0 bridgehead atoms. The van der Waals surface area contributed by atoms with Gasteiger partial charge < -0.3 is 25.6 Å². The maximum Gasteiger partial charge on any atom is 0.231 e. The van der Waals surface area contributed by atoms with Crippen LogP contribution in [0.2, 0.25) is 5.02 Å². The fraction of sp³-hybridized carbons (Fsp3) is 0.538. The first kappa shape index (κ1) is 14.4. The van der Waals surface area contributed by atoms with Gasteiger partial charge in [-0.05, 0) is 37.1 Å². The van der Waals surface area contributed by atoms with E-state index in [1.54, 1.807) is 0 Å². The van der Waals surface area contributed by atoms with Gasteiger partial charge in [-0.25, -0.2) is 0 Å². The summed E-state index contributed by atoms with van der Waals surface area (Å²) < 4.78 is 10.6. The first-order valence-corrected chi connectivity index (χ1v) is 6.77. The first-order valence-electron chi connectivity index (χ1n) is 6.39. The zero-order chi connectivity index (χ0) is 13.7. The zero-order valence-corrected chi connectivity index (χ0v) is 11.4. The number of aliphatic hydroxyl groups is 1. The van der Waals surface area contributed by atoms with Crippen molar-refractivity contribution in [2.24, 2.45) is 5.73 Å². The zero-order valence-electron chi connectivity index (χ0n) is 10.7. The summed E-state index contributed by atoms with van der Waals surface area (Å²) in [4.78, 5) is 0. The molecule has 4 N–H and O–H groups in total. The number of nitrogens with one attached hydrogen (secondary N) is 1. The Labute approximate surface area is 117 Å². The predicted molar refractivity (Wildman–Crippen MR) is 73.7 cm³/mol. The Bertz CT molecular complexity index is 429. The molecule has 0 spiro atoms. The minimum absolute atomic E-state index is 0.0192. The van der Waals surface area contributed by atoms with Gasteiger partial charge in [0, 0.05) is 19.2 Å². The second-order valence-corrected chi connectivity index (χ2v) is 4.82. The third kappa shape index (κ3) is 3.51. The van der Waals surface area contributed by atoms with Crippen LogP contribution in [-0.4, -0.2) is 31.6 Å². The van der Waals surface area contributed by atoms with Gasteiger partial charge in [-0.1, -0.05) is 11.6 Å². The van der Waals surface area contributed by atoms with E-state index in [0.29, 0.717) is 23.1 Å². The number of aliphatic hydroxyl groups excluding tert-OH is 1. The third-order valence-corrected chi connectivity index (χ3v) is 3.34. The Morgan fingerprint density at radius 1 is 1.37 bits per heavy atom. The van der Waals surface area contributed by atoms with Crippen molar-refractivity contribution in [2.45, 2.75) is 18.9 Å². The van der Waals surface area contributed by atoms with E-state index in [0.717, 1.165) is 24.9 Å². The van der Waals surface area contributed by atoms with Crippen molar-refractivity contribution < 1.29 is 14.6 Å². The number of hydrogen-bond donors (Lipinski definition) is 3. The number of fused-ring (bicyclic) bond motifs is 1. The largest absolute Gasteiger partial charge is 0.454 e. The summed E-state index contributed by atoms with van der Waals surface area (Å²) in [6.45, 7) is 1.68. The Hall–Kier alpha value is -1.01. The summed E-state index contributed by atoms with van der Waals surface area (Å²) in [5, 5.41) is 12.6. The average Bonchev–Trinajstić information content (AvgIpc) is 2.88. The molecule has 0 amide bonds. The number of halogens is 1. The SMILES string of the molecule is NCC(NCCCCO)c1cc(Cl)c2c(c1)OCO2. The van der Waals surface area contributed by atoms with E-state index in [1.165, 1.54) is 0 Å². The van der Waals surface area contributed by atoms with Crippen LogP contribution in [-0.2, 0) is 0 Å². The van der Waals surface area contributed by atoms with Gasteiger partial charge >= 0.3 is 0 Å². The second-order valence-electron chi connectivity index (χ2n) is 4.41. The van der Waals surface area contributed by atoms with Gasteiger partial charge in [0.25, 0.3) is 0 Å². The number of hydrogen-bond acceptors (Lipinski definition) is 5. The van der Waals surface area contributed by atoms with E-state index >= 15 is 0 Å². The van der Waals surface area contributed by atoms with Crippen molar-refractivity contribution in [2.75, 3.05) is 26.5 Å². The summed E-state index contributed by atoms with van der Waals surface area (Å²) in [6, 6.07) is 3.78. The lowest BCUT2D eigenvalue weighted by Crippen LogP contribution is -2.29. The molecule has 0 aliphatic carbocycles. The van der Waals surface area contributed by atoms with E-state index in [2.05, 4.69) is 5.32 Å². The van der Waals surface area contributed by atoms with Crippen LogP contribution in [0.5, 0.6) is 11.5 Å². The molecule has 1 heterocycles. The lowest BCUT2D eigenvalue weighted by atomic mass is 10.1. The van der Waals surface area contributed by atoms with Gasteiger partial charge in [0.15, 0.2) is 11.5 Å². The summed E-state index contributed by atoms with van der Waals surface area (Å²) in [7, 11) is 0. The predicted octanol–water partition coefficient (Wildman–Crippen LogP) is 1.43. The monoisotopic (exact) mass is 286 g/mol. The molecule has 0 saturated carbocycles. The molecule has 0 saturated heterocycles. The number of unbranched alkanes of at least 4 members (excludes halogenated alkanes) is 1. The van der Waals surface area contributed by atoms with E-state index < -0.39 is 0 Å². The Morgan fingerprint density at radius 3 is 2.95 bits per heavy atom. The molecule has 1 atom stereocenters. The molecule has 5 nitrogen and oxygen atoms in total. The topological polar surface area (TPSA) is 76.7 Å². The number of benzene rings is 1. The van der Waals surface area contributed by atoms with E-state index in [1.807, 2.05) is 12.1 Å². The highest BCUT2D eigenvalue weighted by Crippen LogP contribution is 2.40. The molecule has 1 aliphatic heterocycles. The van der Waals surface area contributed by atoms with Crippen LogP contribution in [0.4, 0.5) is 0 Å². The number of nitrogens with two attached hydrogens (primary N) is 1. The van der Waals surface area contributed by atoms with Crippen molar-refractivity contribution in [3.8, 4) is 11.5 Å². The van der Waals surface area contributed by atoms with Gasteiger partial charge in [-0.3, -0.25) is 0 Å². The molecule has 1 aliphatic rings. The van der Waals surface area contributed by atoms with Crippen molar-refractivity contribution in [3.63, 3.8) is 0 Å². The van der Waals surface area contributed by atoms with Gasteiger partial charge in [-0.2, -0.15) is 0 Å². The molecule has 0 fully saturated rings. The lowest BCUT2D eigenvalue weighted by Gasteiger charge is -2.18. The van der Waals surface area contributed by atoms with E-state index in [9.17, 15) is 0 Å². The minimum Gasteiger partial charge on any atom is -0.454 e. The molecule has 0 aromatic heterocycles. The summed E-state index contributed by atoms with van der Waals surface area (Å²) >= 11 is 6.15. The Kier molecular flexibility index (Phi) is 5.27. The summed E-state index contributed by atoms with van der Waals surface area (Å²) in [6.07, 6.45) is 1.69. The van der Waals surface area contributed by atoms with Crippen LogP contribution in [0, 0.1) is 0 Å². The fourth-order valence-corrected chi connectivity index (χ4v) is 2.31. The maximum atomic E-state index is 8.75. The fourth-order valence-electron chi connectivity index (χ4n) is 2.04. The van der Waals surface area contributed by atoms with Crippen molar-refractivity contribution in [1.82, 2.24) is 5.32 Å². The normalized spacial score (nSPS) is 14.7. The highest BCUT2D eigenvalue weighted by atomic mass is 35.5. The first-order chi connectivity index (χ1) is 9.26. The Morgan fingerprint density at radius 2 is 2.21 bits per heavy atom. The molecule has 0 radical (unpaired) electrons. The average molecular weight is 287 g/mol. The van der Waals surface area contributed by atoms with Crippen LogP contribution >= 0.6 is 11.6 Å². The highest BCUT2D eigenvalue weighted by molar-refractivity contribution is 6.32. The van der Waals surface area contributed by atoms with Crippen LogP contribution in [0.25, 0.3) is 0 Å². The smallest absolute Gasteiger partial charge is 0.231 e. The van der Waals surface area contributed by atoms with Gasteiger partial charge in [-0.15, -0.1) is 0 Å². The van der Waals surface area contributed by atoms with Crippen molar-refractivity contribution in [3.05, 3.63) is 22.7 Å². The number of rotatable bonds is 7. The van der Waals surface area contributed by atoms with E-state index in [4.69, 9.17) is 31.9 Å². The molecule has 2 rings (SSSR count). The molecular formula is C13H19ClN2O3. The van der Waals surface area contributed by atoms with Gasteiger partial charge in [0.1, 0.15) is 0 Å². The minimum atomic E-state index is 0.0192. The van der Waals surface area contributed by atoms with Crippen molar-refractivity contribution in [1.29, 1.82) is 0 Å². The Balaban J connectivity index is 2.04. The molecule has 1 aromatic carbocycles. The van der Waals surface area contributed by atoms with Gasteiger partial charge in [0.2, 0.25) is 6.79 Å². The highest BCUT2D eigenvalue weighted by Gasteiger charge is 2.20. The molecule has 6 heteroatoms. The van der Waals surface area contributed by atoms with E-state index in [-0.39, 0.29) is 19.4 Å². The molecule has 106 valence electrons. The molecule has 1 aromatic rings. The third-order valence-electron chi connectivity index (χ3n) is 3.06. The van der Waals surface area contributed by atoms with Crippen LogP contribution in [0.1, 0.15) is 24.4 Å². The molecule has 1 unspecified atom stereocenters. The van der Waals surface area contributed by atoms with Crippen LogP contribution < -0.4 is 20.5 Å². The molecule has 19 heavy (non-hydrogen) atoms. The number of ether oxygens (including phenoxy) is 2. The van der Waals surface area contributed by atoms with Crippen LogP contribution in [0.15, 0.2) is 12.1 Å². The summed E-state index contributed by atoms with van der Waals surface area (Å²) in [5.41, 5.74) is 6.77. The lowest BCUT2D eigenvalue weighted by molar-refractivity contribution is 0.174. The quantitative estimate of drug-likeness (QED) is 0.661. The second kappa shape index (κ2) is 6.96. The van der Waals surface area contributed by atoms with Crippen LogP contribution in [0.3, 0.4) is 0 Å². The van der Waals surface area contributed by atoms with Gasteiger partial charge in [0.05, 0.1) is 5.02 Å². The molecular weight excluding hydrogens is 268 g/mol. The standard InChI is InChI=1S/C13H19ClN2O3/c14-10-5-9(6-12-13(10)19-8-18-12)11(7-15)16-3-1-2-4-17/h5-6,11,16-17H,1-4,7-8,15H2. The maximum absolute atomic E-state index is 8.75. The van der Waals surface area contributed by atoms with Crippen molar-refractivity contribution >= 4 is 11.6 Å². The summed E-state index contributed by atoms with van der Waals surface area (Å²) in [5.74, 6) is 1.26.